The summed E-state index contributed by atoms with van der Waals surface area (Å²) in [6.45, 7) is 0. The maximum atomic E-state index is 13.8. The number of esters is 1. The van der Waals surface area contributed by atoms with E-state index < -0.39 is 23.4 Å². The number of anilines is 1. The molecular formula is C25H22N2O3. The third-order valence-electron chi connectivity index (χ3n) is 6.37. The molecule has 2 heterocycles. The van der Waals surface area contributed by atoms with Gasteiger partial charge in [-0.15, -0.1) is 0 Å². The molecule has 30 heavy (non-hydrogen) atoms. The summed E-state index contributed by atoms with van der Waals surface area (Å²) in [4.78, 5) is 26.7. The summed E-state index contributed by atoms with van der Waals surface area (Å²) in [7, 11) is 1.39. The average molecular weight is 398 g/mol. The van der Waals surface area contributed by atoms with Crippen LogP contribution in [0.4, 0.5) is 5.69 Å². The number of carbonyl (C=O) groups excluding carboxylic acids is 2. The van der Waals surface area contributed by atoms with Crippen molar-refractivity contribution in [3.05, 3.63) is 102 Å². The van der Waals surface area contributed by atoms with Crippen LogP contribution in [-0.4, -0.2) is 25.0 Å². The molecule has 0 unspecified atom stereocenters. The molecule has 1 fully saturated rings. The van der Waals surface area contributed by atoms with Crippen LogP contribution < -0.4 is 10.6 Å². The van der Waals surface area contributed by atoms with Gasteiger partial charge in [0.25, 0.3) is 0 Å². The van der Waals surface area contributed by atoms with Gasteiger partial charge in [0.15, 0.2) is 0 Å². The van der Waals surface area contributed by atoms with E-state index in [0.717, 1.165) is 22.4 Å². The summed E-state index contributed by atoms with van der Waals surface area (Å²) in [5, 5.41) is 6.55. The molecule has 1 amide bonds. The fourth-order valence-electron chi connectivity index (χ4n) is 5.20. The van der Waals surface area contributed by atoms with Crippen LogP contribution in [0, 0.1) is 0 Å². The molecule has 2 aliphatic rings. The lowest BCUT2D eigenvalue weighted by Crippen LogP contribution is -2.44. The zero-order valence-electron chi connectivity index (χ0n) is 16.5. The minimum atomic E-state index is -0.988. The number of ether oxygens (including phenoxy) is 1. The summed E-state index contributed by atoms with van der Waals surface area (Å²) in [5.41, 5.74) is 2.58. The van der Waals surface area contributed by atoms with Crippen molar-refractivity contribution in [3.8, 4) is 0 Å². The number of benzene rings is 3. The predicted octanol–water partition coefficient (Wildman–Crippen LogP) is 3.55. The minimum Gasteiger partial charge on any atom is -0.468 e. The third kappa shape index (κ3) is 2.52. The molecular weight excluding hydrogens is 376 g/mol. The Morgan fingerprint density at radius 1 is 0.867 bits per heavy atom. The van der Waals surface area contributed by atoms with Gasteiger partial charge < -0.3 is 10.1 Å². The van der Waals surface area contributed by atoms with Gasteiger partial charge in [-0.1, -0.05) is 78.9 Å². The van der Waals surface area contributed by atoms with Gasteiger partial charge >= 0.3 is 5.97 Å². The van der Waals surface area contributed by atoms with Gasteiger partial charge in [0.1, 0.15) is 11.5 Å². The largest absolute Gasteiger partial charge is 0.468 e. The van der Waals surface area contributed by atoms with Crippen LogP contribution in [0.2, 0.25) is 0 Å². The van der Waals surface area contributed by atoms with E-state index in [1.165, 1.54) is 7.11 Å². The molecule has 5 nitrogen and oxygen atoms in total. The SMILES string of the molecule is COC(=O)[C@H]1N[C@H](c2ccccc2)[C@@]2(C(=O)Nc3ccccc32)[C@@H]1c1ccccc1. The fourth-order valence-corrected chi connectivity index (χ4v) is 5.20. The lowest BCUT2D eigenvalue weighted by Gasteiger charge is -2.35. The van der Waals surface area contributed by atoms with E-state index in [1.54, 1.807) is 0 Å². The van der Waals surface area contributed by atoms with E-state index in [4.69, 9.17) is 4.74 Å². The van der Waals surface area contributed by atoms with E-state index in [1.807, 2.05) is 84.9 Å². The summed E-state index contributed by atoms with van der Waals surface area (Å²) >= 11 is 0. The second-order valence-corrected chi connectivity index (χ2v) is 7.77. The zero-order valence-corrected chi connectivity index (χ0v) is 16.5. The van der Waals surface area contributed by atoms with E-state index in [0.29, 0.717) is 0 Å². The smallest absolute Gasteiger partial charge is 0.323 e. The molecule has 0 saturated carbocycles. The highest BCUT2D eigenvalue weighted by Crippen LogP contribution is 2.59. The van der Waals surface area contributed by atoms with Crippen LogP contribution >= 0.6 is 0 Å². The number of carbonyl (C=O) groups is 2. The van der Waals surface area contributed by atoms with Crippen molar-refractivity contribution < 1.29 is 14.3 Å². The molecule has 5 heteroatoms. The topological polar surface area (TPSA) is 67.4 Å². The van der Waals surface area contributed by atoms with Crippen LogP contribution in [0.15, 0.2) is 84.9 Å². The van der Waals surface area contributed by atoms with Crippen LogP contribution in [0.25, 0.3) is 0 Å². The summed E-state index contributed by atoms with van der Waals surface area (Å²) in [5.74, 6) is -0.913. The monoisotopic (exact) mass is 398 g/mol. The Morgan fingerprint density at radius 3 is 2.13 bits per heavy atom. The quantitative estimate of drug-likeness (QED) is 0.662. The summed E-state index contributed by atoms with van der Waals surface area (Å²) in [6.07, 6.45) is 0. The number of amides is 1. The van der Waals surface area contributed by atoms with Crippen LogP contribution in [0.1, 0.15) is 28.7 Å². The maximum Gasteiger partial charge on any atom is 0.323 e. The van der Waals surface area contributed by atoms with E-state index in [9.17, 15) is 9.59 Å². The van der Waals surface area contributed by atoms with Crippen molar-refractivity contribution in [2.75, 3.05) is 12.4 Å². The predicted molar refractivity (Wildman–Crippen MR) is 114 cm³/mol. The van der Waals surface area contributed by atoms with Gasteiger partial charge in [-0.3, -0.25) is 14.9 Å². The van der Waals surface area contributed by atoms with Gasteiger partial charge in [-0.25, -0.2) is 0 Å². The molecule has 0 aliphatic carbocycles. The second-order valence-electron chi connectivity index (χ2n) is 7.77. The molecule has 5 rings (SSSR count). The highest BCUT2D eigenvalue weighted by atomic mass is 16.5. The third-order valence-corrected chi connectivity index (χ3v) is 6.37. The first-order valence-electron chi connectivity index (χ1n) is 10.0. The van der Waals surface area contributed by atoms with Crippen molar-refractivity contribution >= 4 is 17.6 Å². The molecule has 1 spiro atoms. The fraction of sp³-hybridized carbons (Fsp3) is 0.200. The maximum absolute atomic E-state index is 13.8. The Kier molecular flexibility index (Phi) is 4.40. The van der Waals surface area contributed by atoms with Crippen LogP contribution in [0.5, 0.6) is 0 Å². The van der Waals surface area contributed by atoms with Gasteiger partial charge in [0.2, 0.25) is 5.91 Å². The Balaban J connectivity index is 1.82. The van der Waals surface area contributed by atoms with Crippen molar-refractivity contribution in [2.24, 2.45) is 0 Å². The molecule has 2 aliphatic heterocycles. The number of methoxy groups -OCH3 is 1. The van der Waals surface area contributed by atoms with Crippen molar-refractivity contribution in [3.63, 3.8) is 0 Å². The van der Waals surface area contributed by atoms with E-state index in [-0.39, 0.29) is 11.9 Å². The first-order valence-corrected chi connectivity index (χ1v) is 10.0. The number of fused-ring (bicyclic) bond motifs is 2. The van der Waals surface area contributed by atoms with Crippen molar-refractivity contribution in [1.82, 2.24) is 5.32 Å². The molecule has 0 radical (unpaired) electrons. The molecule has 3 aromatic carbocycles. The summed E-state index contributed by atoms with van der Waals surface area (Å²) in [6, 6.07) is 26.3. The van der Waals surface area contributed by atoms with Gasteiger partial charge in [-0.05, 0) is 22.8 Å². The number of rotatable bonds is 3. The van der Waals surface area contributed by atoms with Crippen molar-refractivity contribution in [2.45, 2.75) is 23.4 Å². The number of para-hydroxylation sites is 1. The normalized spacial score (nSPS) is 27.0. The Hall–Kier alpha value is -3.44. The number of hydrogen-bond acceptors (Lipinski definition) is 4. The second kappa shape index (κ2) is 7.11. The molecule has 1 saturated heterocycles. The van der Waals surface area contributed by atoms with E-state index >= 15 is 0 Å². The highest BCUT2D eigenvalue weighted by molar-refractivity contribution is 6.09. The molecule has 0 aromatic heterocycles. The molecule has 150 valence electrons. The molecule has 2 N–H and O–H groups in total. The first-order chi connectivity index (χ1) is 14.7. The Bertz CT molecular complexity index is 1100. The summed E-state index contributed by atoms with van der Waals surface area (Å²) < 4.78 is 5.16. The number of nitrogens with one attached hydrogen (secondary N) is 2. The van der Waals surface area contributed by atoms with E-state index in [2.05, 4.69) is 10.6 Å². The number of hydrogen-bond donors (Lipinski definition) is 2. The van der Waals surface area contributed by atoms with Crippen LogP contribution in [-0.2, 0) is 19.7 Å². The van der Waals surface area contributed by atoms with Crippen molar-refractivity contribution in [1.29, 1.82) is 0 Å². The van der Waals surface area contributed by atoms with Gasteiger partial charge in [0.05, 0.1) is 13.2 Å². The van der Waals surface area contributed by atoms with Gasteiger partial charge in [-0.2, -0.15) is 0 Å². The first kappa shape index (κ1) is 18.6. The molecule has 0 bridgehead atoms. The minimum absolute atomic E-state index is 0.106. The standard InChI is InChI=1S/C25H22N2O3/c1-30-23(28)21-20(16-10-4-2-5-11-16)25(22(27-21)17-12-6-3-7-13-17)18-14-8-9-15-19(18)26-24(25)29/h2-15,20-22,27H,1H3,(H,26,29)/t20-,21+,22-,25+/m1/s1. The molecule has 4 atom stereocenters. The average Bonchev–Trinajstić information content (AvgIpc) is 3.31. The highest BCUT2D eigenvalue weighted by Gasteiger charge is 2.66. The molecule has 3 aromatic rings. The van der Waals surface area contributed by atoms with Crippen LogP contribution in [0.3, 0.4) is 0 Å². The van der Waals surface area contributed by atoms with Gasteiger partial charge in [0, 0.05) is 11.6 Å². The lowest BCUT2D eigenvalue weighted by molar-refractivity contribution is -0.143. The Labute approximate surface area is 175 Å². The zero-order chi connectivity index (χ0) is 20.7. The Morgan fingerprint density at radius 2 is 1.47 bits per heavy atom. The lowest BCUT2D eigenvalue weighted by atomic mass is 9.63.